The lowest BCUT2D eigenvalue weighted by Crippen LogP contribution is -2.51. The molecule has 0 unspecified atom stereocenters. The lowest BCUT2D eigenvalue weighted by Gasteiger charge is -2.33. The number of benzene rings is 3. The third kappa shape index (κ3) is 7.12. The Labute approximate surface area is 240 Å². The Morgan fingerprint density at radius 2 is 1.54 bits per heavy atom. The third-order valence-corrected chi connectivity index (χ3v) is 9.04. The molecule has 1 atom stereocenters. The second-order valence-electron chi connectivity index (χ2n) is 9.23. The lowest BCUT2D eigenvalue weighted by molar-refractivity contribution is -0.139. The van der Waals surface area contributed by atoms with E-state index in [-0.39, 0.29) is 17.3 Å². The summed E-state index contributed by atoms with van der Waals surface area (Å²) in [4.78, 5) is 28.3. The molecule has 0 spiro atoms. The average molecular weight is 591 g/mol. The van der Waals surface area contributed by atoms with Crippen LogP contribution in [0.15, 0.2) is 71.6 Å². The summed E-state index contributed by atoms with van der Waals surface area (Å²) in [7, 11) is -4.14. The van der Waals surface area contributed by atoms with E-state index in [9.17, 15) is 18.0 Å². The van der Waals surface area contributed by atoms with Gasteiger partial charge in [-0.1, -0.05) is 66.5 Å². The normalized spacial score (nSPS) is 12.1. The molecule has 208 valence electrons. The number of hydrogen-bond donors (Lipinski definition) is 1. The fraction of sp³-hybridized carbons (Fsp3) is 0.310. The number of carbonyl (C=O) groups excluding carboxylic acids is 2. The maximum Gasteiger partial charge on any atom is 0.264 e. The Hall–Kier alpha value is -3.07. The molecule has 2 amide bonds. The maximum atomic E-state index is 14.0. The molecule has 0 aliphatic rings. The maximum absolute atomic E-state index is 14.0. The molecule has 0 fully saturated rings. The van der Waals surface area contributed by atoms with Crippen LogP contribution in [-0.2, 0) is 26.2 Å². The Balaban J connectivity index is 2.09. The third-order valence-electron chi connectivity index (χ3n) is 6.56. The number of aryl methyl sites for hydroxylation is 1. The van der Waals surface area contributed by atoms with Crippen LogP contribution in [0.4, 0.5) is 5.69 Å². The molecule has 7 nitrogen and oxygen atoms in total. The number of sulfonamides is 1. The standard InChI is InChI=1S/C29H33Cl2N3O4S/c1-5-17-32-29(36)22(4)33(18-24-25(30)14-10-15-26(24)31)28(35)19-34(27-16-9-11-20(2)21(27)3)39(37,38)23-12-7-6-8-13-23/h6-16,22H,5,17-19H2,1-4H3,(H,32,36)/t22-/m0/s1. The molecule has 0 radical (unpaired) electrons. The van der Waals surface area contributed by atoms with Gasteiger partial charge in [0.05, 0.1) is 10.6 Å². The van der Waals surface area contributed by atoms with Gasteiger partial charge in [-0.15, -0.1) is 0 Å². The highest BCUT2D eigenvalue weighted by atomic mass is 35.5. The van der Waals surface area contributed by atoms with Gasteiger partial charge in [-0.2, -0.15) is 0 Å². The Bertz CT molecular complexity index is 1410. The first-order chi connectivity index (χ1) is 18.5. The molecule has 0 aromatic heterocycles. The van der Waals surface area contributed by atoms with E-state index in [1.165, 1.54) is 17.0 Å². The van der Waals surface area contributed by atoms with Gasteiger partial charge in [-0.3, -0.25) is 13.9 Å². The summed E-state index contributed by atoms with van der Waals surface area (Å²) in [6.07, 6.45) is 0.721. The molecule has 0 bridgehead atoms. The van der Waals surface area contributed by atoms with Crippen LogP contribution in [-0.4, -0.2) is 44.3 Å². The molecule has 0 aliphatic carbocycles. The van der Waals surface area contributed by atoms with E-state index >= 15 is 0 Å². The zero-order valence-electron chi connectivity index (χ0n) is 22.4. The molecule has 3 rings (SSSR count). The van der Waals surface area contributed by atoms with Crippen LogP contribution in [0.1, 0.15) is 37.0 Å². The molecule has 1 N–H and O–H groups in total. The minimum Gasteiger partial charge on any atom is -0.354 e. The molecular weight excluding hydrogens is 557 g/mol. The summed E-state index contributed by atoms with van der Waals surface area (Å²) >= 11 is 12.8. The van der Waals surface area contributed by atoms with Gasteiger partial charge in [0, 0.05) is 28.7 Å². The number of rotatable bonds is 11. The number of halogens is 2. The molecule has 3 aromatic carbocycles. The molecule has 10 heteroatoms. The van der Waals surface area contributed by atoms with Gasteiger partial charge in [-0.05, 0) is 68.7 Å². The van der Waals surface area contributed by atoms with E-state index in [1.54, 1.807) is 55.5 Å². The SMILES string of the molecule is CCCNC(=O)[C@H](C)N(Cc1c(Cl)cccc1Cl)C(=O)CN(c1cccc(C)c1C)S(=O)(=O)c1ccccc1. The van der Waals surface area contributed by atoms with Crippen molar-refractivity contribution >= 4 is 50.7 Å². The van der Waals surface area contributed by atoms with Crippen LogP contribution in [0.5, 0.6) is 0 Å². The van der Waals surface area contributed by atoms with Gasteiger partial charge >= 0.3 is 0 Å². The average Bonchev–Trinajstić information content (AvgIpc) is 2.92. The van der Waals surface area contributed by atoms with Crippen molar-refractivity contribution < 1.29 is 18.0 Å². The smallest absolute Gasteiger partial charge is 0.264 e. The first-order valence-electron chi connectivity index (χ1n) is 12.6. The highest BCUT2D eigenvalue weighted by molar-refractivity contribution is 7.92. The molecule has 39 heavy (non-hydrogen) atoms. The number of amides is 2. The van der Waals surface area contributed by atoms with Crippen LogP contribution in [0.25, 0.3) is 0 Å². The van der Waals surface area contributed by atoms with Crippen molar-refractivity contribution in [2.45, 2.75) is 51.6 Å². The van der Waals surface area contributed by atoms with Gasteiger partial charge in [0.15, 0.2) is 0 Å². The minimum atomic E-state index is -4.14. The van der Waals surface area contributed by atoms with Gasteiger partial charge in [0.2, 0.25) is 11.8 Å². The van der Waals surface area contributed by atoms with Crippen molar-refractivity contribution in [3.63, 3.8) is 0 Å². The van der Waals surface area contributed by atoms with Crippen LogP contribution in [0.2, 0.25) is 10.0 Å². The van der Waals surface area contributed by atoms with Crippen molar-refractivity contribution in [1.29, 1.82) is 0 Å². The topological polar surface area (TPSA) is 86.8 Å². The van der Waals surface area contributed by atoms with Crippen LogP contribution >= 0.6 is 23.2 Å². The zero-order valence-corrected chi connectivity index (χ0v) is 24.8. The summed E-state index contributed by atoms with van der Waals surface area (Å²) < 4.78 is 28.9. The first kappa shape index (κ1) is 30.5. The van der Waals surface area contributed by atoms with Crippen molar-refractivity contribution in [1.82, 2.24) is 10.2 Å². The number of nitrogens with zero attached hydrogens (tertiary/aromatic N) is 2. The van der Waals surface area contributed by atoms with Crippen LogP contribution < -0.4 is 9.62 Å². The Kier molecular flexibility index (Phi) is 10.4. The van der Waals surface area contributed by atoms with Crippen molar-refractivity contribution in [2.24, 2.45) is 0 Å². The van der Waals surface area contributed by atoms with Crippen molar-refractivity contribution in [3.05, 3.63) is 93.5 Å². The monoisotopic (exact) mass is 589 g/mol. The number of carbonyl (C=O) groups is 2. The second kappa shape index (κ2) is 13.3. The Morgan fingerprint density at radius 1 is 0.923 bits per heavy atom. The van der Waals surface area contributed by atoms with Crippen LogP contribution in [0.3, 0.4) is 0 Å². The quantitative estimate of drug-likeness (QED) is 0.308. The van der Waals surface area contributed by atoms with E-state index in [0.29, 0.717) is 27.8 Å². The van der Waals surface area contributed by atoms with Gasteiger partial charge < -0.3 is 10.2 Å². The summed E-state index contributed by atoms with van der Waals surface area (Å²) in [5, 5.41) is 3.48. The highest BCUT2D eigenvalue weighted by Gasteiger charge is 2.33. The van der Waals surface area contributed by atoms with E-state index in [1.807, 2.05) is 26.8 Å². The molecule has 0 heterocycles. The van der Waals surface area contributed by atoms with E-state index in [4.69, 9.17) is 23.2 Å². The van der Waals surface area contributed by atoms with E-state index in [0.717, 1.165) is 21.9 Å². The molecule has 0 saturated carbocycles. The second-order valence-corrected chi connectivity index (χ2v) is 11.9. The van der Waals surface area contributed by atoms with Crippen molar-refractivity contribution in [3.8, 4) is 0 Å². The summed E-state index contributed by atoms with van der Waals surface area (Å²) in [6, 6.07) is 17.3. The fourth-order valence-corrected chi connectivity index (χ4v) is 6.08. The zero-order chi connectivity index (χ0) is 28.7. The summed E-state index contributed by atoms with van der Waals surface area (Å²) in [5.74, 6) is -0.942. The summed E-state index contributed by atoms with van der Waals surface area (Å²) in [5.41, 5.74) is 2.44. The minimum absolute atomic E-state index is 0.0492. The summed E-state index contributed by atoms with van der Waals surface area (Å²) in [6.45, 7) is 7.04. The van der Waals surface area contributed by atoms with Crippen molar-refractivity contribution in [2.75, 3.05) is 17.4 Å². The van der Waals surface area contributed by atoms with E-state index in [2.05, 4.69) is 5.32 Å². The lowest BCUT2D eigenvalue weighted by atomic mass is 10.1. The predicted octanol–water partition coefficient (Wildman–Crippen LogP) is 5.75. The predicted molar refractivity (Wildman–Crippen MR) is 157 cm³/mol. The van der Waals surface area contributed by atoms with Gasteiger partial charge in [-0.25, -0.2) is 8.42 Å². The van der Waals surface area contributed by atoms with Crippen LogP contribution in [0, 0.1) is 13.8 Å². The number of anilines is 1. The molecule has 0 saturated heterocycles. The first-order valence-corrected chi connectivity index (χ1v) is 14.8. The van der Waals surface area contributed by atoms with E-state index < -0.39 is 28.5 Å². The highest BCUT2D eigenvalue weighted by Crippen LogP contribution is 2.30. The van der Waals surface area contributed by atoms with Gasteiger partial charge in [0.25, 0.3) is 10.0 Å². The molecule has 3 aromatic rings. The Morgan fingerprint density at radius 3 is 2.15 bits per heavy atom. The number of nitrogens with one attached hydrogen (secondary N) is 1. The number of hydrogen-bond acceptors (Lipinski definition) is 4. The largest absolute Gasteiger partial charge is 0.354 e. The molecule has 0 aliphatic heterocycles. The fourth-order valence-electron chi connectivity index (χ4n) is 4.07. The van der Waals surface area contributed by atoms with Gasteiger partial charge in [0.1, 0.15) is 12.6 Å². The molecular formula is C29H33Cl2N3O4S.